The number of nitrogens with two attached hydrogens (primary N) is 1. The molecule has 4 heteroatoms. The van der Waals surface area contributed by atoms with Crippen LogP contribution >= 0.6 is 0 Å². The quantitative estimate of drug-likeness (QED) is 0.667. The topological polar surface area (TPSA) is 47.7 Å². The van der Waals surface area contributed by atoms with Gasteiger partial charge in [-0.3, -0.25) is 4.90 Å². The Hall–Kier alpha value is -1.10. The molecule has 0 bridgehead atoms. The first-order valence-corrected chi connectivity index (χ1v) is 7.23. The number of benzene rings is 1. The maximum atomic E-state index is 5.70. The minimum absolute atomic E-state index is 0.418. The summed E-state index contributed by atoms with van der Waals surface area (Å²) in [7, 11) is 3.49. The van der Waals surface area contributed by atoms with E-state index in [2.05, 4.69) is 24.0 Å². The van der Waals surface area contributed by atoms with Crippen LogP contribution in [0.3, 0.4) is 0 Å². The molecule has 1 aromatic rings. The molecule has 1 atom stereocenters. The Labute approximate surface area is 122 Å². The lowest BCUT2D eigenvalue weighted by molar-refractivity contribution is 0.0744. The van der Waals surface area contributed by atoms with E-state index < -0.39 is 0 Å². The fourth-order valence-corrected chi connectivity index (χ4v) is 2.28. The molecule has 0 aliphatic carbocycles. The first-order valence-electron chi connectivity index (χ1n) is 7.23. The highest BCUT2D eigenvalue weighted by atomic mass is 16.5. The van der Waals surface area contributed by atoms with Gasteiger partial charge in [0.25, 0.3) is 0 Å². The highest BCUT2D eigenvalue weighted by Gasteiger charge is 2.12. The van der Waals surface area contributed by atoms with Crippen molar-refractivity contribution in [1.29, 1.82) is 0 Å². The lowest BCUT2D eigenvalue weighted by Gasteiger charge is -2.28. The molecule has 114 valence electrons. The molecule has 0 saturated carbocycles. The Morgan fingerprint density at radius 1 is 1.10 bits per heavy atom. The van der Waals surface area contributed by atoms with Gasteiger partial charge in [-0.1, -0.05) is 12.1 Å². The molecule has 1 unspecified atom stereocenters. The molecule has 20 heavy (non-hydrogen) atoms. The van der Waals surface area contributed by atoms with Gasteiger partial charge in [0, 0.05) is 32.5 Å². The highest BCUT2D eigenvalue weighted by Crippen LogP contribution is 2.09. The first-order chi connectivity index (χ1) is 9.67. The van der Waals surface area contributed by atoms with Gasteiger partial charge < -0.3 is 15.2 Å². The molecule has 1 rings (SSSR count). The molecule has 2 N–H and O–H groups in total. The minimum Gasteiger partial charge on any atom is -0.399 e. The van der Waals surface area contributed by atoms with Crippen molar-refractivity contribution in [1.82, 2.24) is 4.90 Å². The lowest BCUT2D eigenvalue weighted by Crippen LogP contribution is -2.39. The van der Waals surface area contributed by atoms with E-state index in [1.807, 2.05) is 12.1 Å². The monoisotopic (exact) mass is 280 g/mol. The smallest absolute Gasteiger partial charge is 0.0615 e. The van der Waals surface area contributed by atoms with Gasteiger partial charge in [-0.15, -0.1) is 0 Å². The first kappa shape index (κ1) is 17.0. The maximum absolute atomic E-state index is 5.70. The normalized spacial score (nSPS) is 12.8. The Morgan fingerprint density at radius 3 is 2.40 bits per heavy atom. The van der Waals surface area contributed by atoms with Crippen molar-refractivity contribution in [2.45, 2.75) is 25.8 Å². The molecule has 0 fully saturated rings. The van der Waals surface area contributed by atoms with Gasteiger partial charge in [-0.25, -0.2) is 0 Å². The van der Waals surface area contributed by atoms with Gasteiger partial charge >= 0.3 is 0 Å². The SMILES string of the molecule is COCCN(CCCc1ccc(N)cc1)C(C)COC. The summed E-state index contributed by atoms with van der Waals surface area (Å²) >= 11 is 0. The molecular weight excluding hydrogens is 252 g/mol. The largest absolute Gasteiger partial charge is 0.399 e. The third-order valence-corrected chi connectivity index (χ3v) is 3.50. The van der Waals surface area contributed by atoms with Gasteiger partial charge in [-0.2, -0.15) is 0 Å². The average Bonchev–Trinajstić information content (AvgIpc) is 2.44. The van der Waals surface area contributed by atoms with Crippen LogP contribution in [0.4, 0.5) is 5.69 Å². The molecule has 0 radical (unpaired) electrons. The van der Waals surface area contributed by atoms with E-state index >= 15 is 0 Å². The molecule has 0 saturated heterocycles. The van der Waals surface area contributed by atoms with Crippen LogP contribution in [0.2, 0.25) is 0 Å². The molecule has 0 aromatic heterocycles. The van der Waals surface area contributed by atoms with Crippen molar-refractivity contribution >= 4 is 5.69 Å². The van der Waals surface area contributed by atoms with Crippen molar-refractivity contribution in [2.24, 2.45) is 0 Å². The molecule has 0 spiro atoms. The predicted molar refractivity (Wildman–Crippen MR) is 84.0 cm³/mol. The van der Waals surface area contributed by atoms with Crippen LogP contribution < -0.4 is 5.73 Å². The number of anilines is 1. The van der Waals surface area contributed by atoms with Gasteiger partial charge in [0.1, 0.15) is 0 Å². The minimum atomic E-state index is 0.418. The van der Waals surface area contributed by atoms with Crippen LogP contribution in [0.5, 0.6) is 0 Å². The zero-order valence-electron chi connectivity index (χ0n) is 13.0. The van der Waals surface area contributed by atoms with Crippen LogP contribution in [-0.4, -0.2) is 51.5 Å². The van der Waals surface area contributed by atoms with Gasteiger partial charge in [-0.05, 0) is 44.0 Å². The summed E-state index contributed by atoms with van der Waals surface area (Å²) in [6.07, 6.45) is 2.20. The summed E-state index contributed by atoms with van der Waals surface area (Å²) < 4.78 is 10.4. The van der Waals surface area contributed by atoms with Gasteiger partial charge in [0.2, 0.25) is 0 Å². The molecule has 0 aliphatic rings. The number of hydrogen-bond acceptors (Lipinski definition) is 4. The van der Waals surface area contributed by atoms with Crippen molar-refractivity contribution < 1.29 is 9.47 Å². The molecule has 0 aliphatic heterocycles. The Morgan fingerprint density at radius 2 is 1.80 bits per heavy atom. The van der Waals surface area contributed by atoms with E-state index in [-0.39, 0.29) is 0 Å². The van der Waals surface area contributed by atoms with Crippen LogP contribution in [0.25, 0.3) is 0 Å². The fraction of sp³-hybridized carbons (Fsp3) is 0.625. The van der Waals surface area contributed by atoms with Crippen LogP contribution in [0, 0.1) is 0 Å². The third-order valence-electron chi connectivity index (χ3n) is 3.50. The second kappa shape index (κ2) is 9.75. The number of nitrogen functional groups attached to an aromatic ring is 1. The lowest BCUT2D eigenvalue weighted by atomic mass is 10.1. The van der Waals surface area contributed by atoms with Crippen LogP contribution in [-0.2, 0) is 15.9 Å². The Kier molecular flexibility index (Phi) is 8.26. The summed E-state index contributed by atoms with van der Waals surface area (Å²) in [5, 5.41) is 0. The second-order valence-electron chi connectivity index (χ2n) is 5.18. The van der Waals surface area contributed by atoms with E-state index in [0.29, 0.717) is 6.04 Å². The van der Waals surface area contributed by atoms with Crippen molar-refractivity contribution in [3.63, 3.8) is 0 Å². The fourth-order valence-electron chi connectivity index (χ4n) is 2.28. The summed E-state index contributed by atoms with van der Waals surface area (Å²) in [4.78, 5) is 2.42. The van der Waals surface area contributed by atoms with E-state index in [9.17, 15) is 0 Å². The summed E-state index contributed by atoms with van der Waals surface area (Å²) in [6, 6.07) is 8.55. The predicted octanol–water partition coefficient (Wildman–Crippen LogP) is 2.18. The van der Waals surface area contributed by atoms with Gasteiger partial charge in [0.15, 0.2) is 0 Å². The molecule has 0 heterocycles. The van der Waals surface area contributed by atoms with Gasteiger partial charge in [0.05, 0.1) is 13.2 Å². The standard InChI is InChI=1S/C16H28N2O2/c1-14(13-20-3)18(11-12-19-2)10-4-5-15-6-8-16(17)9-7-15/h6-9,14H,4-5,10-13,17H2,1-3H3. The summed E-state index contributed by atoms with van der Waals surface area (Å²) in [5.41, 5.74) is 7.86. The molecule has 4 nitrogen and oxygen atoms in total. The number of methoxy groups -OCH3 is 2. The van der Waals surface area contributed by atoms with E-state index in [1.54, 1.807) is 14.2 Å². The van der Waals surface area contributed by atoms with Crippen molar-refractivity contribution in [3.05, 3.63) is 29.8 Å². The number of nitrogens with zero attached hydrogens (tertiary/aromatic N) is 1. The van der Waals surface area contributed by atoms with Crippen LogP contribution in [0.15, 0.2) is 24.3 Å². The second-order valence-corrected chi connectivity index (χ2v) is 5.18. The van der Waals surface area contributed by atoms with E-state index in [0.717, 1.165) is 44.8 Å². The number of ether oxygens (including phenoxy) is 2. The highest BCUT2D eigenvalue weighted by molar-refractivity contribution is 5.39. The number of aryl methyl sites for hydroxylation is 1. The van der Waals surface area contributed by atoms with Crippen molar-refractivity contribution in [3.8, 4) is 0 Å². The zero-order valence-corrected chi connectivity index (χ0v) is 13.0. The number of rotatable bonds is 10. The Balaban J connectivity index is 2.38. The van der Waals surface area contributed by atoms with E-state index in [4.69, 9.17) is 15.2 Å². The zero-order chi connectivity index (χ0) is 14.8. The summed E-state index contributed by atoms with van der Waals surface area (Å²) in [6.45, 7) is 5.71. The molecule has 0 amide bonds. The maximum Gasteiger partial charge on any atom is 0.0615 e. The van der Waals surface area contributed by atoms with Crippen molar-refractivity contribution in [2.75, 3.05) is 46.3 Å². The number of hydrogen-bond donors (Lipinski definition) is 1. The summed E-state index contributed by atoms with van der Waals surface area (Å²) in [5.74, 6) is 0. The molecular formula is C16H28N2O2. The molecule has 1 aromatic carbocycles. The van der Waals surface area contributed by atoms with E-state index in [1.165, 1.54) is 5.56 Å². The Bertz CT molecular complexity index is 354. The third kappa shape index (κ3) is 6.37. The van der Waals surface area contributed by atoms with Crippen LogP contribution in [0.1, 0.15) is 18.9 Å². The average molecular weight is 280 g/mol.